The Morgan fingerprint density at radius 1 is 1.20 bits per heavy atom. The lowest BCUT2D eigenvalue weighted by atomic mass is 10.2. The minimum absolute atomic E-state index is 0.0985. The summed E-state index contributed by atoms with van der Waals surface area (Å²) in [5, 5.41) is 0. The Hall–Kier alpha value is -1.81. The Labute approximate surface area is 123 Å². The number of carbonyl (C=O) groups excluding carboxylic acids is 1. The Balaban J connectivity index is 2.09. The van der Waals surface area contributed by atoms with Crippen LogP contribution in [0.25, 0.3) is 0 Å². The number of aryl methyl sites for hydroxylation is 1. The van der Waals surface area contributed by atoms with Gasteiger partial charge in [-0.25, -0.2) is 0 Å². The van der Waals surface area contributed by atoms with Crippen molar-refractivity contribution >= 4 is 17.2 Å². The molecular formula is C16H19NO2S. The van der Waals surface area contributed by atoms with E-state index in [-0.39, 0.29) is 5.91 Å². The first-order chi connectivity index (χ1) is 9.63. The molecule has 0 saturated carbocycles. The molecule has 20 heavy (non-hydrogen) atoms. The van der Waals surface area contributed by atoms with Crippen LogP contribution in [0.2, 0.25) is 0 Å². The van der Waals surface area contributed by atoms with E-state index in [1.807, 2.05) is 55.1 Å². The van der Waals surface area contributed by atoms with Gasteiger partial charge in [-0.2, -0.15) is 0 Å². The molecule has 0 bridgehead atoms. The summed E-state index contributed by atoms with van der Waals surface area (Å²) in [6.07, 6.45) is 0. The number of carbonyl (C=O) groups is 1. The van der Waals surface area contributed by atoms with Crippen LogP contribution in [0.4, 0.5) is 0 Å². The van der Waals surface area contributed by atoms with Crippen molar-refractivity contribution in [1.29, 1.82) is 0 Å². The highest BCUT2D eigenvalue weighted by molar-refractivity contribution is 7.13. The van der Waals surface area contributed by atoms with E-state index in [4.69, 9.17) is 4.74 Å². The van der Waals surface area contributed by atoms with Crippen molar-refractivity contribution in [2.75, 3.05) is 13.7 Å². The SMILES string of the molecule is CCN(Cc1ccc(OC)cc1)C(=O)c1ccc(C)s1. The lowest BCUT2D eigenvalue weighted by Gasteiger charge is -2.20. The minimum Gasteiger partial charge on any atom is -0.497 e. The first kappa shape index (κ1) is 14.6. The van der Waals surface area contributed by atoms with Crippen molar-refractivity contribution in [2.24, 2.45) is 0 Å². The van der Waals surface area contributed by atoms with E-state index < -0.39 is 0 Å². The van der Waals surface area contributed by atoms with Gasteiger partial charge >= 0.3 is 0 Å². The summed E-state index contributed by atoms with van der Waals surface area (Å²) in [4.78, 5) is 16.2. The Morgan fingerprint density at radius 3 is 2.40 bits per heavy atom. The summed E-state index contributed by atoms with van der Waals surface area (Å²) in [7, 11) is 1.65. The molecule has 3 nitrogen and oxygen atoms in total. The third-order valence-electron chi connectivity index (χ3n) is 3.15. The van der Waals surface area contributed by atoms with Gasteiger partial charge in [0, 0.05) is 18.0 Å². The number of amides is 1. The van der Waals surface area contributed by atoms with Gasteiger partial charge in [0.1, 0.15) is 5.75 Å². The zero-order chi connectivity index (χ0) is 14.5. The molecule has 0 atom stereocenters. The molecule has 0 saturated heterocycles. The summed E-state index contributed by atoms with van der Waals surface area (Å²) < 4.78 is 5.14. The number of nitrogens with zero attached hydrogens (tertiary/aromatic N) is 1. The maximum absolute atomic E-state index is 12.4. The summed E-state index contributed by atoms with van der Waals surface area (Å²) in [5.74, 6) is 0.929. The van der Waals surface area contributed by atoms with E-state index >= 15 is 0 Å². The van der Waals surface area contributed by atoms with Gasteiger partial charge in [-0.1, -0.05) is 12.1 Å². The Bertz CT molecular complexity index is 574. The number of hydrogen-bond acceptors (Lipinski definition) is 3. The largest absolute Gasteiger partial charge is 0.497 e. The number of thiophene rings is 1. The van der Waals surface area contributed by atoms with Crippen molar-refractivity contribution in [3.63, 3.8) is 0 Å². The highest BCUT2D eigenvalue weighted by Gasteiger charge is 2.16. The zero-order valence-electron chi connectivity index (χ0n) is 12.1. The minimum atomic E-state index is 0.0985. The summed E-state index contributed by atoms with van der Waals surface area (Å²) in [6, 6.07) is 11.7. The Morgan fingerprint density at radius 2 is 1.90 bits per heavy atom. The van der Waals surface area contributed by atoms with Gasteiger partial charge in [-0.05, 0) is 43.7 Å². The second kappa shape index (κ2) is 6.57. The molecule has 0 fully saturated rings. The van der Waals surface area contributed by atoms with Crippen molar-refractivity contribution in [1.82, 2.24) is 4.90 Å². The van der Waals surface area contributed by atoms with Gasteiger partial charge in [-0.3, -0.25) is 4.79 Å². The molecule has 0 radical (unpaired) electrons. The average molecular weight is 289 g/mol. The van der Waals surface area contributed by atoms with Crippen molar-refractivity contribution in [3.8, 4) is 5.75 Å². The third-order valence-corrected chi connectivity index (χ3v) is 4.14. The van der Waals surface area contributed by atoms with E-state index in [9.17, 15) is 4.79 Å². The summed E-state index contributed by atoms with van der Waals surface area (Å²) >= 11 is 1.54. The van der Waals surface area contributed by atoms with Crippen LogP contribution in [0.3, 0.4) is 0 Å². The number of methoxy groups -OCH3 is 1. The van der Waals surface area contributed by atoms with Crippen LogP contribution in [0, 0.1) is 6.92 Å². The maximum atomic E-state index is 12.4. The molecule has 0 aliphatic carbocycles. The number of benzene rings is 1. The van der Waals surface area contributed by atoms with Crippen LogP contribution >= 0.6 is 11.3 Å². The first-order valence-corrected chi connectivity index (χ1v) is 7.44. The van der Waals surface area contributed by atoms with Gasteiger partial charge in [-0.15, -0.1) is 11.3 Å². The molecule has 1 amide bonds. The van der Waals surface area contributed by atoms with Crippen molar-refractivity contribution in [3.05, 3.63) is 51.7 Å². The van der Waals surface area contributed by atoms with Crippen LogP contribution < -0.4 is 4.74 Å². The molecule has 0 aliphatic heterocycles. The highest BCUT2D eigenvalue weighted by atomic mass is 32.1. The fourth-order valence-electron chi connectivity index (χ4n) is 1.98. The van der Waals surface area contributed by atoms with Gasteiger partial charge in [0.2, 0.25) is 0 Å². The van der Waals surface area contributed by atoms with E-state index in [0.29, 0.717) is 13.1 Å². The standard InChI is InChI=1S/C16H19NO2S/c1-4-17(16(18)15-10-5-12(2)20-15)11-13-6-8-14(19-3)9-7-13/h5-10H,4,11H2,1-3H3. The Kier molecular flexibility index (Phi) is 4.79. The molecule has 0 aliphatic rings. The van der Waals surface area contributed by atoms with Gasteiger partial charge in [0.05, 0.1) is 12.0 Å². The maximum Gasteiger partial charge on any atom is 0.264 e. The van der Waals surface area contributed by atoms with Gasteiger partial charge in [0.25, 0.3) is 5.91 Å². The van der Waals surface area contributed by atoms with E-state index in [1.54, 1.807) is 18.4 Å². The molecule has 1 aromatic heterocycles. The topological polar surface area (TPSA) is 29.5 Å². The summed E-state index contributed by atoms with van der Waals surface area (Å²) in [5.41, 5.74) is 1.11. The predicted molar refractivity (Wildman–Crippen MR) is 82.5 cm³/mol. The fourth-order valence-corrected chi connectivity index (χ4v) is 2.82. The highest BCUT2D eigenvalue weighted by Crippen LogP contribution is 2.19. The normalized spacial score (nSPS) is 10.3. The molecule has 0 spiro atoms. The lowest BCUT2D eigenvalue weighted by molar-refractivity contribution is 0.0757. The van der Waals surface area contributed by atoms with Crippen LogP contribution in [-0.2, 0) is 6.54 Å². The molecule has 2 aromatic rings. The molecule has 0 unspecified atom stereocenters. The van der Waals surface area contributed by atoms with Crippen LogP contribution in [-0.4, -0.2) is 24.5 Å². The van der Waals surface area contributed by atoms with Crippen molar-refractivity contribution < 1.29 is 9.53 Å². The average Bonchev–Trinajstić information content (AvgIpc) is 2.91. The molecule has 0 N–H and O–H groups in total. The molecular weight excluding hydrogens is 270 g/mol. The number of ether oxygens (including phenoxy) is 1. The van der Waals surface area contributed by atoms with Gasteiger partial charge in [0.15, 0.2) is 0 Å². The molecule has 4 heteroatoms. The van der Waals surface area contributed by atoms with Crippen LogP contribution in [0.1, 0.15) is 27.0 Å². The second-order valence-corrected chi connectivity index (χ2v) is 5.87. The molecule has 1 aromatic carbocycles. The monoisotopic (exact) mass is 289 g/mol. The van der Waals surface area contributed by atoms with Crippen LogP contribution in [0.15, 0.2) is 36.4 Å². The molecule has 2 rings (SSSR count). The quantitative estimate of drug-likeness (QED) is 0.839. The lowest BCUT2D eigenvalue weighted by Crippen LogP contribution is -2.29. The predicted octanol–water partition coefficient (Wildman–Crippen LogP) is 3.73. The van der Waals surface area contributed by atoms with E-state index in [2.05, 4.69) is 0 Å². The molecule has 106 valence electrons. The third kappa shape index (κ3) is 3.39. The first-order valence-electron chi connectivity index (χ1n) is 6.62. The van der Waals surface area contributed by atoms with E-state index in [1.165, 1.54) is 0 Å². The number of rotatable bonds is 5. The second-order valence-electron chi connectivity index (χ2n) is 4.58. The van der Waals surface area contributed by atoms with Crippen molar-refractivity contribution in [2.45, 2.75) is 20.4 Å². The summed E-state index contributed by atoms with van der Waals surface area (Å²) in [6.45, 7) is 5.33. The van der Waals surface area contributed by atoms with Crippen LogP contribution in [0.5, 0.6) is 5.75 Å². The zero-order valence-corrected chi connectivity index (χ0v) is 12.9. The smallest absolute Gasteiger partial charge is 0.264 e. The van der Waals surface area contributed by atoms with Gasteiger partial charge < -0.3 is 9.64 Å². The number of hydrogen-bond donors (Lipinski definition) is 0. The molecule has 1 heterocycles. The fraction of sp³-hybridized carbons (Fsp3) is 0.312. The van der Waals surface area contributed by atoms with E-state index in [0.717, 1.165) is 21.1 Å².